The van der Waals surface area contributed by atoms with Gasteiger partial charge in [-0.05, 0) is 36.9 Å². The first-order chi connectivity index (χ1) is 10.1. The topological polar surface area (TPSA) is 21.3 Å². The quantitative estimate of drug-likeness (QED) is 0.801. The normalized spacial score (nSPS) is 20.8. The Labute approximate surface area is 136 Å². The van der Waals surface area contributed by atoms with Crippen LogP contribution < -0.4 is 10.1 Å². The van der Waals surface area contributed by atoms with Gasteiger partial charge in [0.1, 0.15) is 17.7 Å². The van der Waals surface area contributed by atoms with Crippen LogP contribution in [0.4, 0.5) is 4.39 Å². The summed E-state index contributed by atoms with van der Waals surface area (Å²) in [6.45, 7) is 0. The molecule has 0 bridgehead atoms. The van der Waals surface area contributed by atoms with E-state index in [9.17, 15) is 4.39 Å². The van der Waals surface area contributed by atoms with Crippen molar-refractivity contribution in [3.8, 4) is 5.75 Å². The van der Waals surface area contributed by atoms with Crippen molar-refractivity contribution in [2.75, 3.05) is 7.05 Å². The fraction of sp³-hybridized carbons (Fsp3) is 0.250. The Kier molecular flexibility index (Phi) is 4.20. The van der Waals surface area contributed by atoms with E-state index in [4.69, 9.17) is 16.3 Å². The molecule has 2 aromatic carbocycles. The zero-order chi connectivity index (χ0) is 15.0. The summed E-state index contributed by atoms with van der Waals surface area (Å²) >= 11 is 9.19. The second kappa shape index (κ2) is 5.95. The van der Waals surface area contributed by atoms with Crippen molar-refractivity contribution in [1.29, 1.82) is 0 Å². The first-order valence-electron chi connectivity index (χ1n) is 6.67. The van der Waals surface area contributed by atoms with Crippen molar-refractivity contribution in [3.63, 3.8) is 0 Å². The number of halogens is 3. The molecule has 1 N–H and O–H groups in total. The summed E-state index contributed by atoms with van der Waals surface area (Å²) in [5.74, 6) is 0.397. The van der Waals surface area contributed by atoms with Gasteiger partial charge >= 0.3 is 0 Å². The summed E-state index contributed by atoms with van der Waals surface area (Å²) < 4.78 is 20.7. The molecule has 0 aliphatic carbocycles. The lowest BCUT2D eigenvalue weighted by Crippen LogP contribution is -2.26. The van der Waals surface area contributed by atoms with Crippen LogP contribution in [-0.4, -0.2) is 7.05 Å². The summed E-state index contributed by atoms with van der Waals surface area (Å²) in [5.41, 5.74) is 1.91. The highest BCUT2D eigenvalue weighted by atomic mass is 79.9. The predicted molar refractivity (Wildman–Crippen MR) is 85.3 cm³/mol. The smallest absolute Gasteiger partial charge is 0.142 e. The van der Waals surface area contributed by atoms with Gasteiger partial charge in [-0.15, -0.1) is 0 Å². The monoisotopic (exact) mass is 369 g/mol. The molecule has 110 valence electrons. The molecule has 1 aliphatic rings. The molecule has 0 aromatic heterocycles. The summed E-state index contributed by atoms with van der Waals surface area (Å²) in [6.07, 6.45) is 0.544. The number of ether oxygens (including phenoxy) is 1. The third-order valence-electron chi connectivity index (χ3n) is 3.73. The zero-order valence-corrected chi connectivity index (χ0v) is 13.7. The largest absolute Gasteiger partial charge is 0.485 e. The molecule has 0 saturated heterocycles. The summed E-state index contributed by atoms with van der Waals surface area (Å²) in [6, 6.07) is 11.0. The standard InChI is InChI=1S/C16H14BrClFNO/c1-20-14-8-15(9-2-5-12(18)13(19)6-9)21-16-7-10(17)3-4-11(14)16/h2-7,14-15,20H,8H2,1H3. The molecule has 0 amide bonds. The molecule has 0 fully saturated rings. The van der Waals surface area contributed by atoms with E-state index in [-0.39, 0.29) is 17.2 Å². The molecule has 0 spiro atoms. The molecule has 0 radical (unpaired) electrons. The van der Waals surface area contributed by atoms with Crippen LogP contribution in [0.2, 0.25) is 5.02 Å². The Balaban J connectivity index is 1.97. The maximum absolute atomic E-state index is 13.7. The van der Waals surface area contributed by atoms with Gasteiger partial charge in [0.25, 0.3) is 0 Å². The molecular weight excluding hydrogens is 357 g/mol. The zero-order valence-electron chi connectivity index (χ0n) is 11.4. The number of hydrogen-bond donors (Lipinski definition) is 1. The van der Waals surface area contributed by atoms with E-state index in [1.165, 1.54) is 6.07 Å². The van der Waals surface area contributed by atoms with Crippen LogP contribution in [0.3, 0.4) is 0 Å². The van der Waals surface area contributed by atoms with Gasteiger partial charge in [0.15, 0.2) is 0 Å². The van der Waals surface area contributed by atoms with E-state index in [1.807, 2.05) is 31.3 Å². The lowest BCUT2D eigenvalue weighted by Gasteiger charge is -2.32. The fourth-order valence-electron chi connectivity index (χ4n) is 2.63. The first kappa shape index (κ1) is 14.8. The van der Waals surface area contributed by atoms with E-state index < -0.39 is 5.82 Å². The maximum Gasteiger partial charge on any atom is 0.142 e. The minimum absolute atomic E-state index is 0.128. The third kappa shape index (κ3) is 2.93. The first-order valence-corrected chi connectivity index (χ1v) is 7.84. The van der Waals surface area contributed by atoms with Crippen LogP contribution in [0, 0.1) is 5.82 Å². The van der Waals surface area contributed by atoms with Crippen LogP contribution >= 0.6 is 27.5 Å². The Morgan fingerprint density at radius 2 is 2.10 bits per heavy atom. The number of nitrogens with one attached hydrogen (secondary N) is 1. The molecule has 2 aromatic rings. The summed E-state index contributed by atoms with van der Waals surface area (Å²) in [4.78, 5) is 0. The Morgan fingerprint density at radius 1 is 1.29 bits per heavy atom. The minimum Gasteiger partial charge on any atom is -0.485 e. The lowest BCUT2D eigenvalue weighted by molar-refractivity contribution is 0.153. The van der Waals surface area contributed by atoms with Crippen LogP contribution in [-0.2, 0) is 0 Å². The van der Waals surface area contributed by atoms with E-state index >= 15 is 0 Å². The fourth-order valence-corrected chi connectivity index (χ4v) is 3.09. The average molecular weight is 371 g/mol. The highest BCUT2D eigenvalue weighted by Crippen LogP contribution is 2.42. The predicted octanol–water partition coefficient (Wildman–Crippen LogP) is 5.03. The van der Waals surface area contributed by atoms with Crippen molar-refractivity contribution < 1.29 is 9.13 Å². The SMILES string of the molecule is CNC1CC(c2ccc(Cl)c(F)c2)Oc2cc(Br)ccc21. The van der Waals surface area contributed by atoms with Crippen LogP contribution in [0.25, 0.3) is 0 Å². The Bertz CT molecular complexity index is 679. The van der Waals surface area contributed by atoms with Gasteiger partial charge in [0.05, 0.1) is 5.02 Å². The summed E-state index contributed by atoms with van der Waals surface area (Å²) in [5, 5.41) is 3.42. The van der Waals surface area contributed by atoms with Crippen molar-refractivity contribution in [3.05, 3.63) is 62.8 Å². The van der Waals surface area contributed by atoms with Crippen molar-refractivity contribution >= 4 is 27.5 Å². The van der Waals surface area contributed by atoms with E-state index in [2.05, 4.69) is 21.2 Å². The molecular formula is C16H14BrClFNO. The van der Waals surface area contributed by atoms with Gasteiger partial charge < -0.3 is 10.1 Å². The van der Waals surface area contributed by atoms with Gasteiger partial charge in [-0.2, -0.15) is 0 Å². The van der Waals surface area contributed by atoms with E-state index in [1.54, 1.807) is 6.07 Å². The molecule has 2 unspecified atom stereocenters. The molecule has 21 heavy (non-hydrogen) atoms. The number of rotatable bonds is 2. The average Bonchev–Trinajstić information content (AvgIpc) is 2.48. The van der Waals surface area contributed by atoms with Crippen molar-refractivity contribution in [2.24, 2.45) is 0 Å². The minimum atomic E-state index is -0.418. The lowest BCUT2D eigenvalue weighted by atomic mass is 9.93. The van der Waals surface area contributed by atoms with Gasteiger partial charge in [-0.25, -0.2) is 4.39 Å². The van der Waals surface area contributed by atoms with Crippen LogP contribution in [0.1, 0.15) is 29.7 Å². The van der Waals surface area contributed by atoms with Crippen LogP contribution in [0.5, 0.6) is 5.75 Å². The molecule has 5 heteroatoms. The Hall–Kier alpha value is -1.10. The molecule has 0 saturated carbocycles. The second-order valence-electron chi connectivity index (χ2n) is 5.04. The molecule has 1 aliphatic heterocycles. The van der Waals surface area contributed by atoms with Gasteiger partial charge in [0.2, 0.25) is 0 Å². The third-order valence-corrected chi connectivity index (χ3v) is 4.53. The molecule has 3 rings (SSSR count). The van der Waals surface area contributed by atoms with Gasteiger partial charge in [-0.1, -0.05) is 39.7 Å². The highest BCUT2D eigenvalue weighted by molar-refractivity contribution is 9.10. The van der Waals surface area contributed by atoms with Crippen molar-refractivity contribution in [1.82, 2.24) is 5.32 Å². The van der Waals surface area contributed by atoms with Gasteiger partial charge in [-0.3, -0.25) is 0 Å². The maximum atomic E-state index is 13.7. The Morgan fingerprint density at radius 3 is 2.81 bits per heavy atom. The molecule has 2 atom stereocenters. The molecule has 1 heterocycles. The van der Waals surface area contributed by atoms with Gasteiger partial charge in [0, 0.05) is 22.5 Å². The van der Waals surface area contributed by atoms with E-state index in [0.717, 1.165) is 27.8 Å². The number of benzene rings is 2. The van der Waals surface area contributed by atoms with Crippen molar-refractivity contribution in [2.45, 2.75) is 18.6 Å². The second-order valence-corrected chi connectivity index (χ2v) is 6.36. The van der Waals surface area contributed by atoms with Crippen LogP contribution in [0.15, 0.2) is 40.9 Å². The summed E-state index contributed by atoms with van der Waals surface area (Å²) in [7, 11) is 1.92. The molecule has 2 nitrogen and oxygen atoms in total. The highest BCUT2D eigenvalue weighted by Gasteiger charge is 2.28. The number of fused-ring (bicyclic) bond motifs is 1. The van der Waals surface area contributed by atoms with E-state index in [0.29, 0.717) is 0 Å². The number of hydrogen-bond acceptors (Lipinski definition) is 2.